The molecule has 0 aromatic heterocycles. The van der Waals surface area contributed by atoms with Crippen molar-refractivity contribution in [2.24, 2.45) is 11.7 Å². The molecule has 0 unspecified atom stereocenters. The van der Waals surface area contributed by atoms with Crippen LogP contribution in [0.4, 0.5) is 0 Å². The molecule has 0 radical (unpaired) electrons. The van der Waals surface area contributed by atoms with Crippen LogP contribution in [-0.2, 0) is 14.6 Å². The van der Waals surface area contributed by atoms with E-state index in [2.05, 4.69) is 25.8 Å². The highest BCUT2D eigenvalue weighted by Gasteiger charge is 2.44. The fourth-order valence-corrected chi connectivity index (χ4v) is 7.76. The second-order valence-electron chi connectivity index (χ2n) is 10.6. The molecular formula is C28H36ClN3O4S. The van der Waals surface area contributed by atoms with Gasteiger partial charge in [0.2, 0.25) is 11.8 Å². The Bertz CT molecular complexity index is 1250. The minimum absolute atomic E-state index is 0.0337. The van der Waals surface area contributed by atoms with Crippen LogP contribution in [0.15, 0.2) is 53.4 Å². The largest absolute Gasteiger partial charge is 0.366 e. The predicted molar refractivity (Wildman–Crippen MR) is 145 cm³/mol. The van der Waals surface area contributed by atoms with Gasteiger partial charge in [0.25, 0.3) is 0 Å². The van der Waals surface area contributed by atoms with Crippen molar-refractivity contribution in [2.75, 3.05) is 19.3 Å². The first kappa shape index (κ1) is 27.6. The van der Waals surface area contributed by atoms with Crippen LogP contribution in [0.2, 0.25) is 5.02 Å². The maximum atomic E-state index is 13.7. The van der Waals surface area contributed by atoms with Crippen LogP contribution in [0.25, 0.3) is 0 Å². The van der Waals surface area contributed by atoms with Gasteiger partial charge in [0.1, 0.15) is 0 Å². The van der Waals surface area contributed by atoms with E-state index in [-0.39, 0.29) is 34.6 Å². The lowest BCUT2D eigenvalue weighted by Gasteiger charge is -2.44. The van der Waals surface area contributed by atoms with Crippen LogP contribution < -0.4 is 5.73 Å². The molecular weight excluding hydrogens is 510 g/mol. The lowest BCUT2D eigenvalue weighted by molar-refractivity contribution is -0.132. The molecule has 2 amide bonds. The van der Waals surface area contributed by atoms with E-state index in [1.807, 2.05) is 11.0 Å². The number of carbonyl (C=O) groups excluding carboxylic acids is 2. The topological polar surface area (TPSA) is 101 Å². The third-order valence-electron chi connectivity index (χ3n) is 8.15. The molecule has 0 spiro atoms. The first-order valence-electron chi connectivity index (χ1n) is 12.9. The Labute approximate surface area is 224 Å². The summed E-state index contributed by atoms with van der Waals surface area (Å²) >= 11 is 5.98. The van der Waals surface area contributed by atoms with Gasteiger partial charge in [0, 0.05) is 35.3 Å². The van der Waals surface area contributed by atoms with Crippen LogP contribution in [-0.4, -0.2) is 67.5 Å². The van der Waals surface area contributed by atoms with Crippen LogP contribution >= 0.6 is 11.6 Å². The Kier molecular flexibility index (Phi) is 8.31. The number of hydrogen-bond acceptors (Lipinski definition) is 5. The number of benzene rings is 2. The van der Waals surface area contributed by atoms with E-state index in [0.29, 0.717) is 41.6 Å². The molecule has 2 aliphatic rings. The Morgan fingerprint density at radius 3 is 2.43 bits per heavy atom. The number of hydrogen-bond donors (Lipinski definition) is 1. The average Bonchev–Trinajstić information content (AvgIpc) is 3.24. The van der Waals surface area contributed by atoms with E-state index in [9.17, 15) is 18.0 Å². The van der Waals surface area contributed by atoms with Gasteiger partial charge in [-0.15, -0.1) is 0 Å². The molecule has 1 aliphatic carbocycles. The van der Waals surface area contributed by atoms with E-state index < -0.39 is 21.7 Å². The summed E-state index contributed by atoms with van der Waals surface area (Å²) in [7, 11) is -1.50. The summed E-state index contributed by atoms with van der Waals surface area (Å²) in [4.78, 5) is 30.1. The van der Waals surface area contributed by atoms with Crippen molar-refractivity contribution < 1.29 is 18.0 Å². The van der Waals surface area contributed by atoms with E-state index >= 15 is 0 Å². The van der Waals surface area contributed by atoms with E-state index in [4.69, 9.17) is 17.3 Å². The van der Waals surface area contributed by atoms with Crippen molar-refractivity contribution in [3.05, 3.63) is 64.7 Å². The van der Waals surface area contributed by atoms with Gasteiger partial charge in [-0.1, -0.05) is 29.8 Å². The number of rotatable bonds is 8. The second-order valence-corrected chi connectivity index (χ2v) is 13.1. The zero-order valence-electron chi connectivity index (χ0n) is 21.6. The summed E-state index contributed by atoms with van der Waals surface area (Å²) in [5.41, 5.74) is 6.61. The summed E-state index contributed by atoms with van der Waals surface area (Å²) in [6.07, 6.45) is 2.89. The van der Waals surface area contributed by atoms with Crippen LogP contribution in [0.5, 0.6) is 0 Å². The molecule has 37 heavy (non-hydrogen) atoms. The summed E-state index contributed by atoms with van der Waals surface area (Å²) in [6.45, 7) is 4.80. The van der Waals surface area contributed by atoms with Gasteiger partial charge < -0.3 is 15.5 Å². The highest BCUT2D eigenvalue weighted by atomic mass is 35.5. The molecule has 1 saturated heterocycles. The Morgan fingerprint density at radius 2 is 1.78 bits per heavy atom. The van der Waals surface area contributed by atoms with Crippen molar-refractivity contribution in [3.8, 4) is 0 Å². The van der Waals surface area contributed by atoms with Gasteiger partial charge >= 0.3 is 0 Å². The lowest BCUT2D eigenvalue weighted by Crippen LogP contribution is -2.51. The minimum Gasteiger partial charge on any atom is -0.366 e. The van der Waals surface area contributed by atoms with Gasteiger partial charge in [-0.2, -0.15) is 0 Å². The fraction of sp³-hybridized carbons (Fsp3) is 0.500. The minimum atomic E-state index is -3.59. The maximum Gasteiger partial charge on any atom is 0.249 e. The van der Waals surface area contributed by atoms with Crippen molar-refractivity contribution in [1.29, 1.82) is 0 Å². The quantitative estimate of drug-likeness (QED) is 0.538. The number of primary amides is 1. The Balaban J connectivity index is 1.62. The van der Waals surface area contributed by atoms with Gasteiger partial charge in [0.15, 0.2) is 9.84 Å². The third kappa shape index (κ3) is 5.86. The monoisotopic (exact) mass is 545 g/mol. The van der Waals surface area contributed by atoms with Crippen molar-refractivity contribution >= 4 is 33.3 Å². The van der Waals surface area contributed by atoms with E-state index in [1.165, 1.54) is 0 Å². The van der Waals surface area contributed by atoms with E-state index in [1.54, 1.807) is 42.5 Å². The molecule has 2 aromatic rings. The molecule has 4 rings (SSSR count). The molecule has 2 N–H and O–H groups in total. The number of carbonyl (C=O) groups is 2. The molecule has 1 saturated carbocycles. The van der Waals surface area contributed by atoms with Gasteiger partial charge in [-0.25, -0.2) is 8.42 Å². The van der Waals surface area contributed by atoms with Crippen LogP contribution in [0.3, 0.4) is 0 Å². The van der Waals surface area contributed by atoms with Crippen molar-refractivity contribution in [1.82, 2.24) is 9.80 Å². The normalized spacial score (nSPS) is 24.7. The summed E-state index contributed by atoms with van der Waals surface area (Å²) in [6, 6.07) is 13.7. The highest BCUT2D eigenvalue weighted by molar-refractivity contribution is 7.91. The zero-order chi connectivity index (χ0) is 26.9. The lowest BCUT2D eigenvalue weighted by atomic mass is 9.80. The van der Waals surface area contributed by atoms with Crippen molar-refractivity contribution in [2.45, 2.75) is 68.5 Å². The second kappa shape index (κ2) is 11.1. The SMILES string of the molecule is CC(C)N(C)[C@@H]1CC[C@H](N2CC[C@@H](c3ccccc3C(N)=O)C2=O)[C@H](CS(=O)(=O)c2ccc(Cl)cc2)C1. The Morgan fingerprint density at radius 1 is 1.11 bits per heavy atom. The molecule has 1 heterocycles. The van der Waals surface area contributed by atoms with Gasteiger partial charge in [0.05, 0.1) is 16.6 Å². The predicted octanol–water partition coefficient (Wildman–Crippen LogP) is 4.11. The first-order valence-corrected chi connectivity index (χ1v) is 14.9. The molecule has 2 fully saturated rings. The number of amides is 2. The molecule has 7 nitrogen and oxygen atoms in total. The van der Waals surface area contributed by atoms with Crippen LogP contribution in [0, 0.1) is 5.92 Å². The third-order valence-corrected chi connectivity index (χ3v) is 10.3. The average molecular weight is 546 g/mol. The smallest absolute Gasteiger partial charge is 0.249 e. The number of likely N-dealkylation sites (tertiary alicyclic amines) is 1. The maximum absolute atomic E-state index is 13.7. The first-order chi connectivity index (χ1) is 17.5. The molecule has 9 heteroatoms. The molecule has 0 bridgehead atoms. The van der Waals surface area contributed by atoms with Gasteiger partial charge in [-0.3, -0.25) is 9.59 Å². The van der Waals surface area contributed by atoms with Gasteiger partial charge in [-0.05, 0) is 88.4 Å². The summed E-state index contributed by atoms with van der Waals surface area (Å²) in [5, 5.41) is 0.484. The zero-order valence-corrected chi connectivity index (χ0v) is 23.2. The number of nitrogens with two attached hydrogens (primary N) is 1. The summed E-state index contributed by atoms with van der Waals surface area (Å²) < 4.78 is 26.9. The van der Waals surface area contributed by atoms with Crippen molar-refractivity contribution in [3.63, 3.8) is 0 Å². The molecule has 2 aromatic carbocycles. The number of sulfone groups is 1. The Hall–Kier alpha value is -2.42. The number of nitrogens with zero attached hydrogens (tertiary/aromatic N) is 2. The standard InChI is InChI=1S/C28H36ClN3O4S/c1-18(2)31(3)21-10-13-26(19(16-21)17-37(35,36)22-11-8-20(29)9-12-22)32-15-14-25(28(32)34)23-6-4-5-7-24(23)27(30)33/h4-9,11-12,18-19,21,25-26H,10,13-17H2,1-3H3,(H2,30,33)/t19-,21+,25-,26-/m0/s1. The summed E-state index contributed by atoms with van der Waals surface area (Å²) in [5.74, 6) is -1.30. The fourth-order valence-electron chi connectivity index (χ4n) is 5.97. The number of halogens is 1. The molecule has 4 atom stereocenters. The van der Waals surface area contributed by atoms with E-state index in [0.717, 1.165) is 12.8 Å². The van der Waals surface area contributed by atoms with Crippen LogP contribution in [0.1, 0.15) is 61.4 Å². The molecule has 1 aliphatic heterocycles. The highest BCUT2D eigenvalue weighted by Crippen LogP contribution is 2.39. The molecule has 200 valence electrons.